The summed E-state index contributed by atoms with van der Waals surface area (Å²) in [6, 6.07) is 0. The number of rotatable bonds is 3. The lowest BCUT2D eigenvalue weighted by Gasteiger charge is -2.43. The molecule has 0 unspecified atom stereocenters. The van der Waals surface area contributed by atoms with Crippen LogP contribution in [0, 0.1) is 5.92 Å². The molecule has 0 spiro atoms. The van der Waals surface area contributed by atoms with E-state index in [1.54, 1.807) is 0 Å². The van der Waals surface area contributed by atoms with E-state index in [4.69, 9.17) is 0 Å². The van der Waals surface area contributed by atoms with Gasteiger partial charge in [-0.1, -0.05) is 32.1 Å². The van der Waals surface area contributed by atoms with Gasteiger partial charge in [0.25, 0.3) is 0 Å². The first-order valence-electron chi connectivity index (χ1n) is 7.12. The fourth-order valence-corrected chi connectivity index (χ4v) is 3.55. The molecule has 2 fully saturated rings. The molecule has 2 heteroatoms. The summed E-state index contributed by atoms with van der Waals surface area (Å²) in [6.07, 6.45) is 11.5. The Balaban J connectivity index is 1.88. The van der Waals surface area contributed by atoms with Crippen molar-refractivity contribution in [2.75, 3.05) is 27.2 Å². The van der Waals surface area contributed by atoms with Crippen LogP contribution in [0.3, 0.4) is 0 Å². The summed E-state index contributed by atoms with van der Waals surface area (Å²) in [5, 5.41) is 3.66. The summed E-state index contributed by atoms with van der Waals surface area (Å²) in [7, 11) is 4.42. The Morgan fingerprint density at radius 1 is 1.12 bits per heavy atom. The van der Waals surface area contributed by atoms with Crippen LogP contribution < -0.4 is 5.32 Å². The van der Waals surface area contributed by atoms with Crippen molar-refractivity contribution in [3.05, 3.63) is 0 Å². The zero-order valence-corrected chi connectivity index (χ0v) is 11.1. The Bertz CT molecular complexity index is 201. The van der Waals surface area contributed by atoms with Crippen LogP contribution in [0.2, 0.25) is 0 Å². The molecule has 1 saturated heterocycles. The molecule has 1 aliphatic heterocycles. The van der Waals surface area contributed by atoms with Crippen molar-refractivity contribution >= 4 is 0 Å². The third-order valence-electron chi connectivity index (χ3n) is 4.88. The molecule has 1 heterocycles. The van der Waals surface area contributed by atoms with Gasteiger partial charge in [-0.15, -0.1) is 0 Å². The molecule has 0 atom stereocenters. The molecule has 16 heavy (non-hydrogen) atoms. The van der Waals surface area contributed by atoms with Crippen LogP contribution in [0.1, 0.15) is 51.4 Å². The molecule has 94 valence electrons. The van der Waals surface area contributed by atoms with Gasteiger partial charge in [0.15, 0.2) is 0 Å². The maximum absolute atomic E-state index is 3.66. The van der Waals surface area contributed by atoms with Crippen molar-refractivity contribution in [2.45, 2.75) is 56.9 Å². The fourth-order valence-electron chi connectivity index (χ4n) is 3.55. The van der Waals surface area contributed by atoms with Crippen molar-refractivity contribution in [3.63, 3.8) is 0 Å². The number of piperidine rings is 1. The second kappa shape index (κ2) is 5.50. The molecule has 0 radical (unpaired) electrons. The van der Waals surface area contributed by atoms with Gasteiger partial charge in [0.05, 0.1) is 0 Å². The molecule has 0 aromatic carbocycles. The Kier molecular flexibility index (Phi) is 4.26. The first-order valence-corrected chi connectivity index (χ1v) is 7.12. The summed E-state index contributed by atoms with van der Waals surface area (Å²) in [5.74, 6) is 1.00. The van der Waals surface area contributed by atoms with Gasteiger partial charge in [0.2, 0.25) is 0 Å². The van der Waals surface area contributed by atoms with Crippen molar-refractivity contribution in [1.29, 1.82) is 0 Å². The van der Waals surface area contributed by atoms with E-state index in [-0.39, 0.29) is 0 Å². The Morgan fingerprint density at radius 3 is 2.31 bits per heavy atom. The predicted molar refractivity (Wildman–Crippen MR) is 69.7 cm³/mol. The second-order valence-corrected chi connectivity index (χ2v) is 6.04. The van der Waals surface area contributed by atoms with E-state index < -0.39 is 0 Å². The van der Waals surface area contributed by atoms with Gasteiger partial charge in [0.1, 0.15) is 0 Å². The zero-order valence-electron chi connectivity index (χ0n) is 11.1. The highest BCUT2D eigenvalue weighted by atomic mass is 15.1. The smallest absolute Gasteiger partial charge is 0.0205 e. The number of hydrogen-bond donors (Lipinski definition) is 1. The van der Waals surface area contributed by atoms with E-state index in [1.165, 1.54) is 64.5 Å². The molecule has 0 aromatic rings. The number of hydrogen-bond acceptors (Lipinski definition) is 2. The van der Waals surface area contributed by atoms with E-state index in [1.807, 2.05) is 0 Å². The van der Waals surface area contributed by atoms with Gasteiger partial charge in [-0.05, 0) is 52.4 Å². The van der Waals surface area contributed by atoms with Crippen LogP contribution in [-0.4, -0.2) is 37.6 Å². The monoisotopic (exact) mass is 224 g/mol. The van der Waals surface area contributed by atoms with Gasteiger partial charge in [-0.2, -0.15) is 0 Å². The third-order valence-corrected chi connectivity index (χ3v) is 4.88. The van der Waals surface area contributed by atoms with Crippen LogP contribution >= 0.6 is 0 Å². The van der Waals surface area contributed by atoms with Crippen molar-refractivity contribution in [3.8, 4) is 0 Å². The maximum atomic E-state index is 3.66. The molecule has 1 aliphatic carbocycles. The molecule has 2 rings (SSSR count). The van der Waals surface area contributed by atoms with Crippen LogP contribution in [-0.2, 0) is 0 Å². The largest absolute Gasteiger partial charge is 0.314 e. The van der Waals surface area contributed by atoms with Crippen molar-refractivity contribution in [1.82, 2.24) is 10.2 Å². The zero-order chi connectivity index (χ0) is 11.4. The Morgan fingerprint density at radius 2 is 1.75 bits per heavy atom. The van der Waals surface area contributed by atoms with Crippen molar-refractivity contribution < 1.29 is 0 Å². The van der Waals surface area contributed by atoms with E-state index in [2.05, 4.69) is 24.3 Å². The molecule has 2 nitrogen and oxygen atoms in total. The first kappa shape index (κ1) is 12.4. The Hall–Kier alpha value is -0.0800. The fraction of sp³-hybridized carbons (Fsp3) is 1.00. The summed E-state index contributed by atoms with van der Waals surface area (Å²) in [6.45, 7) is 2.54. The highest BCUT2D eigenvalue weighted by Crippen LogP contribution is 2.35. The van der Waals surface area contributed by atoms with Gasteiger partial charge >= 0.3 is 0 Å². The molecule has 0 bridgehead atoms. The number of likely N-dealkylation sites (tertiary alicyclic amines) is 1. The summed E-state index contributed by atoms with van der Waals surface area (Å²) in [4.78, 5) is 2.47. The molecule has 0 aromatic heterocycles. The summed E-state index contributed by atoms with van der Waals surface area (Å²) < 4.78 is 0. The lowest BCUT2D eigenvalue weighted by Crippen LogP contribution is -2.52. The SMILES string of the molecule is CNC1(CC2CCCCC2)CCN(C)CC1. The molecule has 1 saturated carbocycles. The highest BCUT2D eigenvalue weighted by molar-refractivity contribution is 4.93. The van der Waals surface area contributed by atoms with Crippen molar-refractivity contribution in [2.24, 2.45) is 5.92 Å². The van der Waals surface area contributed by atoms with Crippen LogP contribution in [0.5, 0.6) is 0 Å². The van der Waals surface area contributed by atoms with Crippen LogP contribution in [0.15, 0.2) is 0 Å². The summed E-state index contributed by atoms with van der Waals surface area (Å²) in [5.41, 5.74) is 0.467. The summed E-state index contributed by atoms with van der Waals surface area (Å²) >= 11 is 0. The molecular weight excluding hydrogens is 196 g/mol. The van der Waals surface area contributed by atoms with E-state index in [0.717, 1.165) is 5.92 Å². The predicted octanol–water partition coefficient (Wildman–Crippen LogP) is 2.64. The number of nitrogens with zero attached hydrogens (tertiary/aromatic N) is 1. The number of nitrogens with one attached hydrogen (secondary N) is 1. The third kappa shape index (κ3) is 2.98. The molecule has 1 N–H and O–H groups in total. The minimum Gasteiger partial charge on any atom is -0.314 e. The molecular formula is C14H28N2. The minimum atomic E-state index is 0.467. The topological polar surface area (TPSA) is 15.3 Å². The average molecular weight is 224 g/mol. The Labute approximate surface area is 101 Å². The lowest BCUT2D eigenvalue weighted by molar-refractivity contribution is 0.127. The quantitative estimate of drug-likeness (QED) is 0.793. The maximum Gasteiger partial charge on any atom is 0.0205 e. The van der Waals surface area contributed by atoms with E-state index in [0.29, 0.717) is 5.54 Å². The van der Waals surface area contributed by atoms with Gasteiger partial charge in [-0.3, -0.25) is 0 Å². The first-order chi connectivity index (χ1) is 7.74. The van der Waals surface area contributed by atoms with E-state index in [9.17, 15) is 0 Å². The van der Waals surface area contributed by atoms with Crippen LogP contribution in [0.25, 0.3) is 0 Å². The molecule has 2 aliphatic rings. The minimum absolute atomic E-state index is 0.467. The molecule has 0 amide bonds. The highest BCUT2D eigenvalue weighted by Gasteiger charge is 2.34. The average Bonchev–Trinajstić information content (AvgIpc) is 2.34. The normalized spacial score (nSPS) is 28.1. The standard InChI is InChI=1S/C14H28N2/c1-15-14(8-10-16(2)11-9-14)12-13-6-4-3-5-7-13/h13,15H,3-12H2,1-2H3. The van der Waals surface area contributed by atoms with Gasteiger partial charge < -0.3 is 10.2 Å². The van der Waals surface area contributed by atoms with Gasteiger partial charge in [0, 0.05) is 5.54 Å². The second-order valence-electron chi connectivity index (χ2n) is 6.04. The van der Waals surface area contributed by atoms with Gasteiger partial charge in [-0.25, -0.2) is 0 Å². The van der Waals surface area contributed by atoms with E-state index >= 15 is 0 Å². The van der Waals surface area contributed by atoms with Crippen LogP contribution in [0.4, 0.5) is 0 Å². The lowest BCUT2D eigenvalue weighted by atomic mass is 9.75.